The Labute approximate surface area is 270 Å². The van der Waals surface area contributed by atoms with Gasteiger partial charge in [-0.3, -0.25) is 14.4 Å². The lowest BCUT2D eigenvalue weighted by Crippen LogP contribution is -2.41. The zero-order chi connectivity index (χ0) is 33.6. The molecule has 0 saturated heterocycles. The molecule has 0 aliphatic heterocycles. The van der Waals surface area contributed by atoms with E-state index in [1.165, 1.54) is 7.11 Å². The van der Waals surface area contributed by atoms with E-state index in [0.717, 1.165) is 33.0 Å². The van der Waals surface area contributed by atoms with Crippen molar-refractivity contribution in [3.05, 3.63) is 85.5 Å². The van der Waals surface area contributed by atoms with Crippen molar-refractivity contribution >= 4 is 27.8 Å². The number of ether oxygens (including phenoxy) is 1. The van der Waals surface area contributed by atoms with Crippen LogP contribution in [0.2, 0.25) is 0 Å². The molecule has 1 aromatic carbocycles. The van der Waals surface area contributed by atoms with Gasteiger partial charge in [-0.05, 0) is 103 Å². The number of aryl methyl sites for hydroxylation is 2. The van der Waals surface area contributed by atoms with Crippen LogP contribution < -0.4 is 10.9 Å². The second-order valence-corrected chi connectivity index (χ2v) is 12.7. The maximum atomic E-state index is 14.0. The molecule has 1 N–H and O–H groups in total. The normalized spacial score (nSPS) is 13.2. The van der Waals surface area contributed by atoms with Crippen LogP contribution in [0.25, 0.3) is 11.1 Å². The number of esters is 1. The summed E-state index contributed by atoms with van der Waals surface area (Å²) in [4.78, 5) is 46.0. The van der Waals surface area contributed by atoms with Gasteiger partial charge >= 0.3 is 12.1 Å². The van der Waals surface area contributed by atoms with E-state index >= 15 is 0 Å². The van der Waals surface area contributed by atoms with Gasteiger partial charge in [-0.2, -0.15) is 13.2 Å². The lowest BCUT2D eigenvalue weighted by molar-refractivity contribution is -0.141. The second-order valence-electron chi connectivity index (χ2n) is 11.9. The maximum Gasteiger partial charge on any atom is 0.416 e. The number of nitrogens with one attached hydrogen (secondary N) is 1. The molecular weight excluding hydrogens is 653 g/mol. The molecule has 0 radical (unpaired) electrons. The number of hydrogen-bond acceptors (Lipinski definition) is 6. The molecule has 3 aromatic rings. The number of benzene rings is 1. The van der Waals surface area contributed by atoms with E-state index in [9.17, 15) is 27.6 Å². The molecule has 0 aliphatic carbocycles. The molecule has 3 rings (SSSR count). The molecule has 0 bridgehead atoms. The van der Waals surface area contributed by atoms with Crippen molar-refractivity contribution < 1.29 is 27.5 Å². The second kappa shape index (κ2) is 15.2. The predicted molar refractivity (Wildman–Crippen MR) is 171 cm³/mol. The van der Waals surface area contributed by atoms with E-state index in [2.05, 4.69) is 26.2 Å². The minimum absolute atomic E-state index is 0.0200. The molecule has 12 heteroatoms. The van der Waals surface area contributed by atoms with Crippen molar-refractivity contribution in [3.8, 4) is 11.1 Å². The number of alkyl halides is 3. The Balaban J connectivity index is 2.11. The highest BCUT2D eigenvalue weighted by Gasteiger charge is 2.36. The first kappa shape index (κ1) is 36.0. The summed E-state index contributed by atoms with van der Waals surface area (Å²) in [6, 6.07) is 8.00. The number of rotatable bonds is 12. The van der Waals surface area contributed by atoms with Crippen LogP contribution in [0.3, 0.4) is 0 Å². The van der Waals surface area contributed by atoms with Crippen LogP contribution in [0.15, 0.2) is 52.0 Å². The first-order chi connectivity index (χ1) is 21.0. The number of hydrogen-bond donors (Lipinski definition) is 1. The fraction of sp³-hybridized carbons (Fsp3) is 0.455. The van der Waals surface area contributed by atoms with E-state index in [0.29, 0.717) is 22.9 Å². The largest absolute Gasteiger partial charge is 0.469 e. The number of likely N-dealkylation sites (N-methyl/N-ethyl adjacent to an activating group) is 1. The summed E-state index contributed by atoms with van der Waals surface area (Å²) in [5, 5.41) is 2.87. The van der Waals surface area contributed by atoms with Crippen LogP contribution >= 0.6 is 15.9 Å². The monoisotopic (exact) mass is 692 g/mol. The Kier molecular flexibility index (Phi) is 12.1. The van der Waals surface area contributed by atoms with Gasteiger partial charge in [0.15, 0.2) is 0 Å². The topological polar surface area (TPSA) is 93.5 Å². The van der Waals surface area contributed by atoms with Crippen LogP contribution in [-0.2, 0) is 26.9 Å². The fourth-order valence-electron chi connectivity index (χ4n) is 5.29. The number of nitrogens with zero attached hydrogens (tertiary/aromatic N) is 3. The van der Waals surface area contributed by atoms with Crippen molar-refractivity contribution in [2.45, 2.75) is 65.2 Å². The summed E-state index contributed by atoms with van der Waals surface area (Å²) in [5.74, 6) is -1.33. The van der Waals surface area contributed by atoms with E-state index in [1.807, 2.05) is 52.0 Å². The van der Waals surface area contributed by atoms with Crippen molar-refractivity contribution in [1.82, 2.24) is 19.8 Å². The summed E-state index contributed by atoms with van der Waals surface area (Å²) in [6.07, 6.45) is -3.67. The molecule has 244 valence electrons. The summed E-state index contributed by atoms with van der Waals surface area (Å²) >= 11 is 3.46. The molecule has 2 aromatic heterocycles. The number of methoxy groups -OCH3 is 1. The third kappa shape index (κ3) is 9.49. The molecule has 0 spiro atoms. The molecule has 45 heavy (non-hydrogen) atoms. The van der Waals surface area contributed by atoms with Gasteiger partial charge in [-0.1, -0.05) is 32.0 Å². The SMILES string of the molecule is COC(=O)C[C@H](NC(=O)C(CC(C)C)n1cc(CCN(C)C)c(C(F)(F)F)cc1=O)c1cc(-c2c(C)cccc2C)cc(Br)n1. The lowest BCUT2D eigenvalue weighted by atomic mass is 9.95. The third-order valence-electron chi connectivity index (χ3n) is 7.49. The highest BCUT2D eigenvalue weighted by Crippen LogP contribution is 2.34. The average molecular weight is 694 g/mol. The first-order valence-corrected chi connectivity index (χ1v) is 15.4. The van der Waals surface area contributed by atoms with Gasteiger partial charge in [-0.15, -0.1) is 0 Å². The molecule has 0 aliphatic rings. The summed E-state index contributed by atoms with van der Waals surface area (Å²) < 4.78 is 48.2. The summed E-state index contributed by atoms with van der Waals surface area (Å²) in [7, 11) is 4.71. The summed E-state index contributed by atoms with van der Waals surface area (Å²) in [5.41, 5.74) is 2.16. The van der Waals surface area contributed by atoms with Crippen molar-refractivity contribution in [2.75, 3.05) is 27.7 Å². The number of carbonyl (C=O) groups excluding carboxylic acids is 2. The smallest absolute Gasteiger partial charge is 0.416 e. The zero-order valence-corrected chi connectivity index (χ0v) is 28.2. The Morgan fingerprint density at radius 2 is 1.76 bits per heavy atom. The van der Waals surface area contributed by atoms with E-state index in [4.69, 9.17) is 4.74 Å². The lowest BCUT2D eigenvalue weighted by Gasteiger charge is -2.26. The van der Waals surface area contributed by atoms with Crippen LogP contribution in [0, 0.1) is 19.8 Å². The number of aromatic nitrogens is 2. The van der Waals surface area contributed by atoms with Gasteiger partial charge in [0.25, 0.3) is 5.56 Å². The summed E-state index contributed by atoms with van der Waals surface area (Å²) in [6.45, 7) is 7.97. The van der Waals surface area contributed by atoms with E-state index < -0.39 is 41.3 Å². The number of carbonyl (C=O) groups is 2. The Morgan fingerprint density at radius 3 is 2.31 bits per heavy atom. The molecule has 1 amide bonds. The van der Waals surface area contributed by atoms with Crippen LogP contribution in [-0.4, -0.2) is 54.1 Å². The van der Waals surface area contributed by atoms with Crippen molar-refractivity contribution in [1.29, 1.82) is 0 Å². The van der Waals surface area contributed by atoms with Crippen molar-refractivity contribution in [2.24, 2.45) is 5.92 Å². The quantitative estimate of drug-likeness (QED) is 0.174. The van der Waals surface area contributed by atoms with Gasteiger partial charge in [0, 0.05) is 18.8 Å². The maximum absolute atomic E-state index is 14.0. The van der Waals surface area contributed by atoms with Crippen LogP contribution in [0.4, 0.5) is 13.2 Å². The Bertz CT molecular complexity index is 1570. The molecule has 0 fully saturated rings. The predicted octanol–water partition coefficient (Wildman–Crippen LogP) is 6.42. The van der Waals surface area contributed by atoms with Gasteiger partial charge in [0.05, 0.1) is 30.8 Å². The molecule has 8 nitrogen and oxygen atoms in total. The minimum atomic E-state index is -4.74. The molecule has 2 atom stereocenters. The van der Waals surface area contributed by atoms with Gasteiger partial charge < -0.3 is 19.5 Å². The zero-order valence-electron chi connectivity index (χ0n) is 26.6. The highest BCUT2D eigenvalue weighted by molar-refractivity contribution is 9.10. The molecule has 0 saturated carbocycles. The Hall–Kier alpha value is -3.51. The van der Waals surface area contributed by atoms with Gasteiger partial charge in [0.2, 0.25) is 5.91 Å². The third-order valence-corrected chi connectivity index (χ3v) is 7.89. The van der Waals surface area contributed by atoms with Gasteiger partial charge in [0.1, 0.15) is 10.6 Å². The van der Waals surface area contributed by atoms with E-state index in [1.54, 1.807) is 25.1 Å². The van der Waals surface area contributed by atoms with Crippen molar-refractivity contribution in [3.63, 3.8) is 0 Å². The highest BCUT2D eigenvalue weighted by atomic mass is 79.9. The van der Waals surface area contributed by atoms with E-state index in [-0.39, 0.29) is 30.7 Å². The molecule has 2 heterocycles. The first-order valence-electron chi connectivity index (χ1n) is 14.6. The molecule has 1 unspecified atom stereocenters. The fourth-order valence-corrected chi connectivity index (χ4v) is 5.74. The number of halogens is 4. The average Bonchev–Trinajstić information content (AvgIpc) is 2.93. The Morgan fingerprint density at radius 1 is 1.11 bits per heavy atom. The molecular formula is C33H40BrF3N4O4. The number of pyridine rings is 2. The van der Waals surface area contributed by atoms with Gasteiger partial charge in [-0.25, -0.2) is 4.98 Å². The van der Waals surface area contributed by atoms with Crippen LogP contribution in [0.1, 0.15) is 66.7 Å². The number of amides is 1. The standard InChI is InChI=1S/C33H40BrF3N4O4/c1-19(2)13-27(41-18-22(11-12-40(5)6)24(16-29(41)42)33(35,36)37)32(44)39-26(17-30(43)45-7)25-14-23(15-28(34)38-25)31-20(3)9-8-10-21(31)4/h8-10,14-16,18-19,26-27H,11-13,17H2,1-7H3,(H,39,44)/t26-,27?/m0/s1. The minimum Gasteiger partial charge on any atom is -0.469 e. The van der Waals surface area contributed by atoms with Crippen LogP contribution in [0.5, 0.6) is 0 Å².